The van der Waals surface area contributed by atoms with Gasteiger partial charge in [-0.3, -0.25) is 4.79 Å². The topological polar surface area (TPSA) is 56.5 Å². The molecule has 0 saturated heterocycles. The van der Waals surface area contributed by atoms with E-state index in [-0.39, 0.29) is 21.9 Å². The maximum Gasteiger partial charge on any atom is 0.343 e. The van der Waals surface area contributed by atoms with Crippen molar-refractivity contribution in [2.24, 2.45) is 28.1 Å². The Morgan fingerprint density at radius 3 is 2.42 bits per heavy atom. The number of Topliss-reactive ketones (excluding diaryl/α,β-unsaturated/α-hetero) is 1. The molecule has 0 aromatic carbocycles. The maximum atomic E-state index is 12.8. The number of allylic oxidation sites excluding steroid dienone is 1. The molecule has 31 heavy (non-hydrogen) atoms. The van der Waals surface area contributed by atoms with Crippen LogP contribution in [0.5, 0.6) is 5.75 Å². The molecule has 4 nitrogen and oxygen atoms in total. The number of hydrogen-bond donors (Lipinski definition) is 0. The van der Waals surface area contributed by atoms with E-state index in [0.29, 0.717) is 41.8 Å². The first-order valence-corrected chi connectivity index (χ1v) is 11.9. The molecule has 4 aliphatic rings. The smallest absolute Gasteiger partial charge is 0.343 e. The van der Waals surface area contributed by atoms with E-state index in [1.165, 1.54) is 5.57 Å². The van der Waals surface area contributed by atoms with E-state index in [2.05, 4.69) is 40.7 Å². The Morgan fingerprint density at radius 2 is 1.71 bits per heavy atom. The lowest BCUT2D eigenvalue weighted by molar-refractivity contribution is -0.185. The summed E-state index contributed by atoms with van der Waals surface area (Å²) in [5.74, 6) is 2.61. The molecule has 2 saturated carbocycles. The Morgan fingerprint density at radius 1 is 1.00 bits per heavy atom. The highest BCUT2D eigenvalue weighted by Gasteiger charge is 2.68. The second-order valence-corrected chi connectivity index (χ2v) is 11.8. The molecule has 1 aromatic rings. The van der Waals surface area contributed by atoms with Crippen molar-refractivity contribution in [1.29, 1.82) is 0 Å². The van der Waals surface area contributed by atoms with Crippen LogP contribution in [0.25, 0.3) is 0 Å². The van der Waals surface area contributed by atoms with Crippen molar-refractivity contribution in [2.75, 3.05) is 0 Å². The predicted molar refractivity (Wildman–Crippen MR) is 120 cm³/mol. The van der Waals surface area contributed by atoms with Gasteiger partial charge in [-0.15, -0.1) is 0 Å². The summed E-state index contributed by atoms with van der Waals surface area (Å²) in [6.07, 6.45) is 7.64. The summed E-state index contributed by atoms with van der Waals surface area (Å²) in [7, 11) is 0. The molecule has 0 unspecified atom stereocenters. The van der Waals surface area contributed by atoms with Crippen molar-refractivity contribution >= 4 is 5.78 Å². The number of carbonyl (C=O) groups excluding carboxylic acids is 1. The number of hydrogen-bond acceptors (Lipinski definition) is 4. The van der Waals surface area contributed by atoms with E-state index in [4.69, 9.17) is 9.15 Å². The first-order chi connectivity index (χ1) is 14.4. The van der Waals surface area contributed by atoms with Crippen LogP contribution in [-0.4, -0.2) is 11.4 Å². The highest BCUT2D eigenvalue weighted by atomic mass is 16.5. The SMILES string of the molecule is CC1=CC[C@@H]2[C@@]3(C)CCC(=O)C(C)(C)[C@@H]3CC[C@@]2(C)[C@]12Cc1c(c(C)c(C)oc1=O)O2. The van der Waals surface area contributed by atoms with Crippen LogP contribution in [0.15, 0.2) is 20.9 Å². The van der Waals surface area contributed by atoms with Crippen LogP contribution >= 0.6 is 0 Å². The number of fused-ring (bicyclic) bond motifs is 5. The Hall–Kier alpha value is -1.84. The molecule has 5 atom stereocenters. The van der Waals surface area contributed by atoms with Crippen molar-refractivity contribution in [3.05, 3.63) is 39.0 Å². The van der Waals surface area contributed by atoms with Gasteiger partial charge in [0, 0.05) is 29.2 Å². The molecule has 1 spiro atoms. The van der Waals surface area contributed by atoms with Gasteiger partial charge in [0.2, 0.25) is 0 Å². The van der Waals surface area contributed by atoms with Crippen molar-refractivity contribution < 1.29 is 13.9 Å². The summed E-state index contributed by atoms with van der Waals surface area (Å²) in [6.45, 7) is 15.2. The van der Waals surface area contributed by atoms with Crippen LogP contribution in [0.4, 0.5) is 0 Å². The van der Waals surface area contributed by atoms with Crippen molar-refractivity contribution in [2.45, 2.75) is 92.6 Å². The molecule has 0 bridgehead atoms. The fourth-order valence-electron chi connectivity index (χ4n) is 8.32. The Labute approximate surface area is 185 Å². The molecule has 4 heteroatoms. The van der Waals surface area contributed by atoms with Crippen LogP contribution in [-0.2, 0) is 11.2 Å². The summed E-state index contributed by atoms with van der Waals surface area (Å²) in [6, 6.07) is 0. The summed E-state index contributed by atoms with van der Waals surface area (Å²) < 4.78 is 12.5. The lowest BCUT2D eigenvalue weighted by atomic mass is 9.38. The number of carbonyl (C=O) groups is 1. The third-order valence-electron chi connectivity index (χ3n) is 10.4. The first-order valence-electron chi connectivity index (χ1n) is 11.9. The Kier molecular flexibility index (Phi) is 4.17. The van der Waals surface area contributed by atoms with Crippen LogP contribution in [0.1, 0.15) is 83.6 Å². The molecule has 2 heterocycles. The average Bonchev–Trinajstić information content (AvgIpc) is 3.11. The quantitative estimate of drug-likeness (QED) is 0.501. The molecule has 0 amide bonds. The maximum absolute atomic E-state index is 12.8. The zero-order valence-electron chi connectivity index (χ0n) is 20.1. The molecule has 0 N–H and O–H groups in total. The van der Waals surface area contributed by atoms with E-state index in [1.54, 1.807) is 0 Å². The summed E-state index contributed by atoms with van der Waals surface area (Å²) in [5, 5.41) is 0. The van der Waals surface area contributed by atoms with E-state index < -0.39 is 5.60 Å². The largest absolute Gasteiger partial charge is 0.481 e. The van der Waals surface area contributed by atoms with Crippen LogP contribution < -0.4 is 10.4 Å². The van der Waals surface area contributed by atoms with E-state index >= 15 is 0 Å². The summed E-state index contributed by atoms with van der Waals surface area (Å²) >= 11 is 0. The minimum Gasteiger partial charge on any atom is -0.481 e. The zero-order chi connectivity index (χ0) is 22.6. The molecule has 168 valence electrons. The van der Waals surface area contributed by atoms with Crippen molar-refractivity contribution in [3.63, 3.8) is 0 Å². The van der Waals surface area contributed by atoms with Crippen LogP contribution in [0.3, 0.4) is 0 Å². The fraction of sp³-hybridized carbons (Fsp3) is 0.704. The number of ketones is 1. The van der Waals surface area contributed by atoms with Gasteiger partial charge in [-0.2, -0.15) is 0 Å². The third-order valence-corrected chi connectivity index (χ3v) is 10.4. The zero-order valence-corrected chi connectivity index (χ0v) is 20.1. The van der Waals surface area contributed by atoms with Gasteiger partial charge in [-0.05, 0) is 69.3 Å². The van der Waals surface area contributed by atoms with Gasteiger partial charge in [0.05, 0.1) is 5.56 Å². The van der Waals surface area contributed by atoms with Gasteiger partial charge >= 0.3 is 5.63 Å². The fourth-order valence-corrected chi connectivity index (χ4v) is 8.32. The highest BCUT2D eigenvalue weighted by molar-refractivity contribution is 5.85. The Bertz CT molecular complexity index is 1080. The van der Waals surface area contributed by atoms with Gasteiger partial charge in [0.15, 0.2) is 0 Å². The van der Waals surface area contributed by atoms with E-state index in [0.717, 1.165) is 37.0 Å². The van der Waals surface area contributed by atoms with Gasteiger partial charge in [-0.1, -0.05) is 33.8 Å². The molecule has 2 fully saturated rings. The molecule has 0 radical (unpaired) electrons. The van der Waals surface area contributed by atoms with Crippen molar-refractivity contribution in [1.82, 2.24) is 0 Å². The van der Waals surface area contributed by atoms with E-state index in [9.17, 15) is 9.59 Å². The molecule has 1 aromatic heterocycles. The van der Waals surface area contributed by atoms with Gasteiger partial charge in [-0.25, -0.2) is 4.79 Å². The second-order valence-electron chi connectivity index (χ2n) is 11.8. The summed E-state index contributed by atoms with van der Waals surface area (Å²) in [4.78, 5) is 25.6. The third kappa shape index (κ3) is 2.37. The molecule has 3 aliphatic carbocycles. The van der Waals surface area contributed by atoms with Crippen LogP contribution in [0, 0.1) is 41.9 Å². The number of rotatable bonds is 0. The summed E-state index contributed by atoms with van der Waals surface area (Å²) in [5.41, 5.74) is 1.84. The minimum absolute atomic E-state index is 0.0857. The molecule has 5 rings (SSSR count). The average molecular weight is 425 g/mol. The second kappa shape index (κ2) is 6.14. The number of ether oxygens (including phenoxy) is 1. The Balaban J connectivity index is 1.65. The van der Waals surface area contributed by atoms with Gasteiger partial charge < -0.3 is 9.15 Å². The molecule has 1 aliphatic heterocycles. The lowest BCUT2D eigenvalue weighted by Crippen LogP contribution is -2.66. The lowest BCUT2D eigenvalue weighted by Gasteiger charge is -2.66. The predicted octanol–water partition coefficient (Wildman–Crippen LogP) is 5.71. The van der Waals surface area contributed by atoms with Crippen LogP contribution in [0.2, 0.25) is 0 Å². The molecular formula is C27H36O4. The minimum atomic E-state index is -0.509. The molecular weight excluding hydrogens is 388 g/mol. The normalized spacial score (nSPS) is 40.6. The number of aryl methyl sites for hydroxylation is 1. The van der Waals surface area contributed by atoms with Crippen molar-refractivity contribution in [3.8, 4) is 5.75 Å². The highest BCUT2D eigenvalue weighted by Crippen LogP contribution is 2.70. The first kappa shape index (κ1) is 21.0. The van der Waals surface area contributed by atoms with Gasteiger partial charge in [0.25, 0.3) is 0 Å². The standard InChI is InChI=1S/C27H36O4/c1-15-8-9-20-25(6)12-11-21(28)24(4,5)19(25)10-13-26(20,7)27(15)14-18-22(31-27)16(2)17(3)30-23(18)29/h8,19-20H,9-14H2,1-7H3/t19-,20+,25-,26+,27-/m0/s1. The monoisotopic (exact) mass is 424 g/mol. The van der Waals surface area contributed by atoms with Gasteiger partial charge in [0.1, 0.15) is 22.9 Å². The van der Waals surface area contributed by atoms with E-state index in [1.807, 2.05) is 13.8 Å².